The molecule has 2 amide bonds. The first kappa shape index (κ1) is 12.7. The summed E-state index contributed by atoms with van der Waals surface area (Å²) >= 11 is 1.29. The van der Waals surface area contributed by atoms with Crippen molar-refractivity contribution in [2.24, 2.45) is 0 Å². The number of aromatic nitrogens is 2. The van der Waals surface area contributed by atoms with Crippen molar-refractivity contribution in [3.8, 4) is 0 Å². The lowest BCUT2D eigenvalue weighted by Crippen LogP contribution is -2.38. The molecule has 1 heterocycles. The van der Waals surface area contributed by atoms with Crippen LogP contribution < -0.4 is 5.32 Å². The third-order valence-corrected chi connectivity index (χ3v) is 3.31. The van der Waals surface area contributed by atoms with E-state index in [1.54, 1.807) is 11.8 Å². The van der Waals surface area contributed by atoms with E-state index in [1.165, 1.54) is 11.3 Å². The zero-order valence-electron chi connectivity index (χ0n) is 9.92. The lowest BCUT2D eigenvalue weighted by Gasteiger charge is -2.20. The summed E-state index contributed by atoms with van der Waals surface area (Å²) in [6.45, 7) is 2.03. The molecular weight excluding hydrogens is 256 g/mol. The van der Waals surface area contributed by atoms with Crippen LogP contribution in [0.1, 0.15) is 24.3 Å². The van der Waals surface area contributed by atoms with Crippen molar-refractivity contribution in [1.82, 2.24) is 15.1 Å². The van der Waals surface area contributed by atoms with Gasteiger partial charge < -0.3 is 10.0 Å². The minimum absolute atomic E-state index is 0.0426. The lowest BCUT2D eigenvalue weighted by atomic mass is 10.4. The number of rotatable bonds is 5. The van der Waals surface area contributed by atoms with Crippen molar-refractivity contribution in [1.29, 1.82) is 0 Å². The zero-order chi connectivity index (χ0) is 13.1. The number of carbonyl (C=O) groups excluding carboxylic acids is 1. The van der Waals surface area contributed by atoms with Crippen LogP contribution in [0.4, 0.5) is 9.93 Å². The molecule has 1 aliphatic carbocycles. The van der Waals surface area contributed by atoms with Gasteiger partial charge >= 0.3 is 12.0 Å². The van der Waals surface area contributed by atoms with E-state index < -0.39 is 5.97 Å². The van der Waals surface area contributed by atoms with Crippen molar-refractivity contribution < 1.29 is 14.7 Å². The molecule has 8 heteroatoms. The first-order valence-electron chi connectivity index (χ1n) is 5.66. The van der Waals surface area contributed by atoms with E-state index >= 15 is 0 Å². The van der Waals surface area contributed by atoms with Crippen LogP contribution in [0, 0.1) is 6.92 Å². The molecule has 1 aromatic heterocycles. The van der Waals surface area contributed by atoms with Crippen LogP contribution in [-0.2, 0) is 4.79 Å². The van der Waals surface area contributed by atoms with Crippen LogP contribution in [0.15, 0.2) is 0 Å². The molecule has 7 nitrogen and oxygen atoms in total. The molecule has 0 saturated heterocycles. The summed E-state index contributed by atoms with van der Waals surface area (Å²) in [4.78, 5) is 24.1. The number of amides is 2. The van der Waals surface area contributed by atoms with Crippen molar-refractivity contribution in [3.63, 3.8) is 0 Å². The van der Waals surface area contributed by atoms with E-state index in [9.17, 15) is 9.59 Å². The highest BCUT2D eigenvalue weighted by molar-refractivity contribution is 7.15. The second-order valence-corrected chi connectivity index (χ2v) is 5.31. The molecule has 1 saturated carbocycles. The number of carboxylic acid groups (broad SMARTS) is 1. The number of carbonyl (C=O) groups is 2. The van der Waals surface area contributed by atoms with Crippen LogP contribution in [0.5, 0.6) is 0 Å². The Balaban J connectivity index is 1.93. The number of aryl methyl sites for hydroxylation is 1. The standard InChI is InChI=1S/C10H14N4O3S/c1-6-12-13-9(18-6)11-10(17)14(7-2-3-7)5-4-8(15)16/h7H,2-5H2,1H3,(H,15,16)(H,11,13,17). The fraction of sp³-hybridized carbons (Fsp3) is 0.600. The number of urea groups is 1. The van der Waals surface area contributed by atoms with Gasteiger partial charge in [-0.05, 0) is 19.8 Å². The molecular formula is C10H14N4O3S. The number of nitrogens with one attached hydrogen (secondary N) is 1. The van der Waals surface area contributed by atoms with E-state index in [2.05, 4.69) is 15.5 Å². The Morgan fingerprint density at radius 2 is 2.22 bits per heavy atom. The summed E-state index contributed by atoms with van der Waals surface area (Å²) in [5.74, 6) is -0.903. The molecule has 1 fully saturated rings. The number of aliphatic carboxylic acids is 1. The molecule has 0 radical (unpaired) electrons. The van der Waals surface area contributed by atoms with Crippen molar-refractivity contribution in [2.75, 3.05) is 11.9 Å². The van der Waals surface area contributed by atoms with Gasteiger partial charge in [-0.25, -0.2) is 4.79 Å². The summed E-state index contributed by atoms with van der Waals surface area (Å²) in [6.07, 6.45) is 1.82. The average Bonchev–Trinajstić information content (AvgIpc) is 3.03. The second-order valence-electron chi connectivity index (χ2n) is 4.12. The maximum atomic E-state index is 12.0. The summed E-state index contributed by atoms with van der Waals surface area (Å²) in [5, 5.41) is 20.1. The quantitative estimate of drug-likeness (QED) is 0.841. The Labute approximate surface area is 108 Å². The van der Waals surface area contributed by atoms with Gasteiger partial charge in [0.2, 0.25) is 5.13 Å². The van der Waals surface area contributed by atoms with Crippen molar-refractivity contribution >= 4 is 28.5 Å². The Hall–Kier alpha value is -1.70. The predicted molar refractivity (Wildman–Crippen MR) is 65.6 cm³/mol. The molecule has 0 unspecified atom stereocenters. The number of hydrogen-bond acceptors (Lipinski definition) is 5. The van der Waals surface area contributed by atoms with E-state index in [-0.39, 0.29) is 25.0 Å². The van der Waals surface area contributed by atoms with Gasteiger partial charge in [-0.1, -0.05) is 11.3 Å². The number of hydrogen-bond donors (Lipinski definition) is 2. The van der Waals surface area contributed by atoms with Gasteiger partial charge in [0.15, 0.2) is 0 Å². The SMILES string of the molecule is Cc1nnc(NC(=O)N(CCC(=O)O)C2CC2)s1. The first-order valence-corrected chi connectivity index (χ1v) is 6.47. The molecule has 98 valence electrons. The van der Waals surface area contributed by atoms with E-state index in [1.807, 2.05) is 0 Å². The molecule has 0 spiro atoms. The third-order valence-electron chi connectivity index (χ3n) is 2.55. The van der Waals surface area contributed by atoms with Crippen LogP contribution in [0.2, 0.25) is 0 Å². The van der Waals surface area contributed by atoms with Gasteiger partial charge in [-0.2, -0.15) is 0 Å². The predicted octanol–water partition coefficient (Wildman–Crippen LogP) is 1.32. The Bertz CT molecular complexity index is 458. The van der Waals surface area contributed by atoms with Gasteiger partial charge in [-0.15, -0.1) is 10.2 Å². The van der Waals surface area contributed by atoms with Gasteiger partial charge in [0.05, 0.1) is 6.42 Å². The molecule has 0 atom stereocenters. The van der Waals surface area contributed by atoms with E-state index in [0.717, 1.165) is 17.8 Å². The zero-order valence-corrected chi connectivity index (χ0v) is 10.7. The summed E-state index contributed by atoms with van der Waals surface area (Å²) < 4.78 is 0. The fourth-order valence-corrected chi connectivity index (χ4v) is 2.14. The topological polar surface area (TPSA) is 95.4 Å². The average molecular weight is 270 g/mol. The maximum Gasteiger partial charge on any atom is 0.323 e. The summed E-state index contributed by atoms with van der Waals surface area (Å²) in [7, 11) is 0. The van der Waals surface area contributed by atoms with Crippen LogP contribution in [0.25, 0.3) is 0 Å². The number of nitrogens with zero attached hydrogens (tertiary/aromatic N) is 3. The molecule has 0 aromatic carbocycles. The molecule has 0 aliphatic heterocycles. The number of anilines is 1. The largest absolute Gasteiger partial charge is 0.481 e. The normalized spacial score (nSPS) is 14.3. The van der Waals surface area contributed by atoms with E-state index in [0.29, 0.717) is 5.13 Å². The first-order chi connectivity index (χ1) is 8.56. The van der Waals surface area contributed by atoms with E-state index in [4.69, 9.17) is 5.11 Å². The molecule has 1 aliphatic rings. The highest BCUT2D eigenvalue weighted by atomic mass is 32.1. The summed E-state index contributed by atoms with van der Waals surface area (Å²) in [6, 6.07) is -0.131. The third kappa shape index (κ3) is 3.39. The Morgan fingerprint density at radius 3 is 2.72 bits per heavy atom. The van der Waals surface area contributed by atoms with Crippen LogP contribution in [0.3, 0.4) is 0 Å². The van der Waals surface area contributed by atoms with Gasteiger partial charge in [0, 0.05) is 12.6 Å². The molecule has 2 N–H and O–H groups in total. The second kappa shape index (κ2) is 5.30. The van der Waals surface area contributed by atoms with Gasteiger partial charge in [-0.3, -0.25) is 10.1 Å². The monoisotopic (exact) mass is 270 g/mol. The maximum absolute atomic E-state index is 12.0. The Morgan fingerprint density at radius 1 is 1.50 bits per heavy atom. The molecule has 0 bridgehead atoms. The highest BCUT2D eigenvalue weighted by Crippen LogP contribution is 2.27. The summed E-state index contributed by atoms with van der Waals surface area (Å²) in [5.41, 5.74) is 0. The number of carboxylic acids is 1. The van der Waals surface area contributed by atoms with Gasteiger partial charge in [0.25, 0.3) is 0 Å². The molecule has 2 rings (SSSR count). The Kier molecular flexibility index (Phi) is 3.75. The minimum Gasteiger partial charge on any atom is -0.481 e. The minimum atomic E-state index is -0.903. The van der Waals surface area contributed by atoms with Crippen molar-refractivity contribution in [3.05, 3.63) is 5.01 Å². The molecule has 18 heavy (non-hydrogen) atoms. The highest BCUT2D eigenvalue weighted by Gasteiger charge is 2.33. The van der Waals surface area contributed by atoms with Crippen molar-refractivity contribution in [2.45, 2.75) is 32.2 Å². The fourth-order valence-electron chi connectivity index (χ4n) is 1.56. The van der Waals surface area contributed by atoms with Gasteiger partial charge in [0.1, 0.15) is 5.01 Å². The smallest absolute Gasteiger partial charge is 0.323 e. The lowest BCUT2D eigenvalue weighted by molar-refractivity contribution is -0.137. The van der Waals surface area contributed by atoms with Crippen LogP contribution in [-0.4, -0.2) is 44.8 Å². The molecule has 1 aromatic rings. The van der Waals surface area contributed by atoms with Crippen LogP contribution >= 0.6 is 11.3 Å².